The van der Waals surface area contributed by atoms with Crippen LogP contribution in [0.25, 0.3) is 0 Å². The standard InChI is InChI=1S/C22H29ClN6O2.C3H8/c1-7-19(23)22(26-21-12-15(4)27-28-21)25-17(6)24-20-11-13(2)18(10-14(20)3)16(5)29-31-9-8-30;1-3-2/h7,10-12,24,30H,6,8-9H2,1-5H3,(H2,25,26,27,28);3H2,1-2H3/b19-7+,29-16+;. The monoisotopic (exact) mass is 488 g/mol. The molecule has 1 heterocycles. The number of rotatable bonds is 9. The number of halogens is 1. The maximum absolute atomic E-state index is 8.82. The highest BCUT2D eigenvalue weighted by atomic mass is 35.5. The molecule has 0 saturated carbocycles. The van der Waals surface area contributed by atoms with Crippen molar-refractivity contribution in [1.82, 2.24) is 15.5 Å². The molecule has 0 amide bonds. The van der Waals surface area contributed by atoms with Crippen LogP contribution in [0, 0.1) is 20.8 Å². The van der Waals surface area contributed by atoms with Gasteiger partial charge in [-0.3, -0.25) is 5.10 Å². The largest absolute Gasteiger partial charge is 0.393 e. The molecule has 0 spiro atoms. The molecule has 1 aromatic carbocycles. The predicted octanol–water partition coefficient (Wildman–Crippen LogP) is 5.83. The van der Waals surface area contributed by atoms with Crippen LogP contribution < -0.4 is 10.6 Å². The number of aliphatic hydroxyl groups is 1. The Morgan fingerprint density at radius 2 is 1.91 bits per heavy atom. The average Bonchev–Trinajstić information content (AvgIpc) is 3.20. The molecule has 1 aromatic heterocycles. The number of aryl methyl sites for hydroxylation is 3. The van der Waals surface area contributed by atoms with E-state index in [0.717, 1.165) is 33.8 Å². The van der Waals surface area contributed by atoms with Crippen molar-refractivity contribution < 1.29 is 9.94 Å². The number of aromatic nitrogens is 2. The maximum atomic E-state index is 8.82. The molecule has 0 saturated heterocycles. The van der Waals surface area contributed by atoms with Gasteiger partial charge in [-0.25, -0.2) is 4.99 Å². The number of nitrogens with zero attached hydrogens (tertiary/aromatic N) is 3. The van der Waals surface area contributed by atoms with Crippen molar-refractivity contribution >= 4 is 34.7 Å². The molecule has 4 N–H and O–H groups in total. The van der Waals surface area contributed by atoms with Crippen molar-refractivity contribution in [2.75, 3.05) is 18.5 Å². The van der Waals surface area contributed by atoms with E-state index in [4.69, 9.17) is 21.5 Å². The van der Waals surface area contributed by atoms with E-state index >= 15 is 0 Å². The van der Waals surface area contributed by atoms with Crippen LogP contribution in [0.1, 0.15) is 56.5 Å². The number of hydrogen-bond acceptors (Lipinski definition) is 6. The molecule has 0 aliphatic heterocycles. The molecular formula is C25H37ClN6O2. The van der Waals surface area contributed by atoms with Gasteiger partial charge in [-0.15, -0.1) is 0 Å². The zero-order valence-electron chi connectivity index (χ0n) is 21.2. The molecule has 0 bridgehead atoms. The number of aliphatic hydroxyl groups excluding tert-OH is 1. The molecule has 0 aliphatic carbocycles. The van der Waals surface area contributed by atoms with Crippen LogP contribution >= 0.6 is 11.6 Å². The molecule has 0 atom stereocenters. The number of hydrogen-bond donors (Lipinski definition) is 4. The van der Waals surface area contributed by atoms with Crippen molar-refractivity contribution in [3.8, 4) is 0 Å². The van der Waals surface area contributed by atoms with Gasteiger partial charge in [-0.05, 0) is 57.9 Å². The minimum absolute atomic E-state index is 0.0744. The number of H-pyrrole nitrogens is 1. The van der Waals surface area contributed by atoms with Crippen molar-refractivity contribution in [2.45, 2.75) is 54.9 Å². The fraction of sp³-hybridized carbons (Fsp3) is 0.400. The molecule has 2 aromatic rings. The van der Waals surface area contributed by atoms with Crippen LogP contribution in [0.2, 0.25) is 0 Å². The lowest BCUT2D eigenvalue weighted by atomic mass is 10.0. The number of aromatic amines is 1. The smallest absolute Gasteiger partial charge is 0.175 e. The Balaban J connectivity index is 0.00000182. The summed E-state index contributed by atoms with van der Waals surface area (Å²) in [5, 5.41) is 26.7. The number of benzene rings is 1. The molecule has 0 fully saturated rings. The first-order valence-electron chi connectivity index (χ1n) is 11.2. The van der Waals surface area contributed by atoms with Crippen molar-refractivity contribution in [3.63, 3.8) is 0 Å². The number of oxime groups is 1. The summed E-state index contributed by atoms with van der Waals surface area (Å²) in [6.07, 6.45) is 2.99. The van der Waals surface area contributed by atoms with Gasteiger partial charge in [0.15, 0.2) is 11.7 Å². The summed E-state index contributed by atoms with van der Waals surface area (Å²) in [5.41, 5.74) is 5.50. The Morgan fingerprint density at radius 1 is 1.24 bits per heavy atom. The zero-order chi connectivity index (χ0) is 25.7. The first-order valence-corrected chi connectivity index (χ1v) is 11.6. The van der Waals surface area contributed by atoms with Crippen LogP contribution in [0.5, 0.6) is 0 Å². The second-order valence-electron chi connectivity index (χ2n) is 7.66. The van der Waals surface area contributed by atoms with Gasteiger partial charge < -0.3 is 20.6 Å². The van der Waals surface area contributed by atoms with Crippen molar-refractivity contribution in [2.24, 2.45) is 10.1 Å². The minimum Gasteiger partial charge on any atom is -0.393 e. The summed E-state index contributed by atoms with van der Waals surface area (Å²) in [4.78, 5) is 9.53. The summed E-state index contributed by atoms with van der Waals surface area (Å²) in [5.74, 6) is 1.46. The lowest BCUT2D eigenvalue weighted by molar-refractivity contribution is 0.0986. The molecule has 186 valence electrons. The van der Waals surface area contributed by atoms with E-state index in [0.29, 0.717) is 22.5 Å². The van der Waals surface area contributed by atoms with Gasteiger partial charge in [-0.1, -0.05) is 49.7 Å². The third kappa shape index (κ3) is 9.41. The Bertz CT molecular complexity index is 1040. The van der Waals surface area contributed by atoms with Crippen LogP contribution in [-0.2, 0) is 4.84 Å². The first-order chi connectivity index (χ1) is 16.2. The molecule has 2 rings (SSSR count). The lowest BCUT2D eigenvalue weighted by Crippen LogP contribution is -2.26. The normalized spacial score (nSPS) is 12.1. The van der Waals surface area contributed by atoms with Crippen molar-refractivity contribution in [1.29, 1.82) is 0 Å². The number of anilines is 1. The molecule has 34 heavy (non-hydrogen) atoms. The summed E-state index contributed by atoms with van der Waals surface area (Å²) >= 11 is 6.32. The van der Waals surface area contributed by atoms with Gasteiger partial charge >= 0.3 is 0 Å². The van der Waals surface area contributed by atoms with Gasteiger partial charge in [0.2, 0.25) is 0 Å². The van der Waals surface area contributed by atoms with E-state index in [1.54, 1.807) is 6.08 Å². The SMILES string of the molecule is C=C(NC(=Nc1cc(C)[nH]n1)/C(Cl)=C\C)Nc1cc(C)c(/C(C)=N/OCCO)cc1C.CCC. The molecule has 9 heteroatoms. The second kappa shape index (κ2) is 14.9. The lowest BCUT2D eigenvalue weighted by Gasteiger charge is -2.17. The Labute approximate surface area is 207 Å². The van der Waals surface area contributed by atoms with E-state index in [1.807, 2.05) is 52.8 Å². The quantitative estimate of drug-likeness (QED) is 0.154. The Kier molecular flexibility index (Phi) is 12.7. The van der Waals surface area contributed by atoms with Crippen LogP contribution in [0.15, 0.2) is 51.9 Å². The number of nitrogens with one attached hydrogen (secondary N) is 3. The number of amidine groups is 1. The summed E-state index contributed by atoms with van der Waals surface area (Å²) in [6, 6.07) is 5.85. The summed E-state index contributed by atoms with van der Waals surface area (Å²) in [6.45, 7) is 18.0. The zero-order valence-corrected chi connectivity index (χ0v) is 22.0. The minimum atomic E-state index is -0.0744. The number of aliphatic imine (C=N–C) groups is 1. The fourth-order valence-corrected chi connectivity index (χ4v) is 2.85. The van der Waals surface area contributed by atoms with Gasteiger partial charge in [-0.2, -0.15) is 5.10 Å². The highest BCUT2D eigenvalue weighted by Crippen LogP contribution is 2.23. The van der Waals surface area contributed by atoms with Crippen LogP contribution in [0.3, 0.4) is 0 Å². The Morgan fingerprint density at radius 3 is 2.47 bits per heavy atom. The third-order valence-corrected chi connectivity index (χ3v) is 4.70. The predicted molar refractivity (Wildman–Crippen MR) is 143 cm³/mol. The topological polar surface area (TPSA) is 107 Å². The molecular weight excluding hydrogens is 452 g/mol. The van der Waals surface area contributed by atoms with E-state index < -0.39 is 0 Å². The third-order valence-electron chi connectivity index (χ3n) is 4.30. The first kappa shape index (κ1) is 28.9. The molecule has 0 radical (unpaired) electrons. The van der Waals surface area contributed by atoms with Gasteiger partial charge in [0.1, 0.15) is 12.4 Å². The highest BCUT2D eigenvalue weighted by molar-refractivity contribution is 6.43. The maximum Gasteiger partial charge on any atom is 0.175 e. The van der Waals surface area contributed by atoms with Gasteiger partial charge in [0.25, 0.3) is 0 Å². The Hall–Kier alpha value is -3.10. The molecule has 0 unspecified atom stereocenters. The van der Waals surface area contributed by atoms with Crippen LogP contribution in [-0.4, -0.2) is 40.1 Å². The van der Waals surface area contributed by atoms with E-state index in [1.165, 1.54) is 6.42 Å². The second-order valence-corrected chi connectivity index (χ2v) is 8.06. The van der Waals surface area contributed by atoms with E-state index in [9.17, 15) is 0 Å². The van der Waals surface area contributed by atoms with E-state index in [-0.39, 0.29) is 13.2 Å². The summed E-state index contributed by atoms with van der Waals surface area (Å²) < 4.78 is 0. The van der Waals surface area contributed by atoms with Gasteiger partial charge in [0.05, 0.1) is 17.4 Å². The summed E-state index contributed by atoms with van der Waals surface area (Å²) in [7, 11) is 0. The molecule has 0 aliphatic rings. The highest BCUT2D eigenvalue weighted by Gasteiger charge is 2.11. The van der Waals surface area contributed by atoms with Crippen molar-refractivity contribution in [3.05, 3.63) is 64.1 Å². The van der Waals surface area contributed by atoms with E-state index in [2.05, 4.69) is 51.4 Å². The fourth-order valence-electron chi connectivity index (χ4n) is 2.76. The van der Waals surface area contributed by atoms with Gasteiger partial charge in [0, 0.05) is 23.0 Å². The number of allylic oxidation sites excluding steroid dienone is 1. The van der Waals surface area contributed by atoms with Crippen LogP contribution in [0.4, 0.5) is 11.5 Å². The molecule has 8 nitrogen and oxygen atoms in total. The average molecular weight is 489 g/mol.